The van der Waals surface area contributed by atoms with Crippen molar-refractivity contribution in [3.63, 3.8) is 0 Å². The molecule has 0 saturated carbocycles. The topological polar surface area (TPSA) is 51.1 Å². The number of anilines is 1. The molecule has 0 saturated heterocycles. The van der Waals surface area contributed by atoms with E-state index in [0.717, 1.165) is 0 Å². The third-order valence-corrected chi connectivity index (χ3v) is 5.07. The van der Waals surface area contributed by atoms with Gasteiger partial charge in [-0.05, 0) is 42.8 Å². The first-order valence-electron chi connectivity index (χ1n) is 7.60. The van der Waals surface area contributed by atoms with Crippen molar-refractivity contribution in [1.82, 2.24) is 0 Å². The van der Waals surface area contributed by atoms with Gasteiger partial charge < -0.3 is 9.47 Å². The van der Waals surface area contributed by atoms with Crippen LogP contribution < -0.4 is 14.5 Å². The standard InChI is InChI=1S/C18H11Cl3N2O3/c1-9-12(4-10-5-16-17(7-14(10)20)26-8-25-16)18(24)23(22-9)11-2-3-13(19)15(21)6-11/h2-7H,8H2,1H3/b12-4-. The Morgan fingerprint density at radius 2 is 1.77 bits per heavy atom. The molecule has 1 amide bonds. The first kappa shape index (κ1) is 17.2. The first-order valence-corrected chi connectivity index (χ1v) is 8.73. The van der Waals surface area contributed by atoms with Crippen LogP contribution in [0.15, 0.2) is 41.0 Å². The number of hydrogen-bond donors (Lipinski definition) is 0. The van der Waals surface area contributed by atoms with Gasteiger partial charge in [0, 0.05) is 6.07 Å². The van der Waals surface area contributed by atoms with Crippen LogP contribution >= 0.6 is 34.8 Å². The predicted molar refractivity (Wildman–Crippen MR) is 103 cm³/mol. The maximum atomic E-state index is 12.8. The number of carbonyl (C=O) groups is 1. The minimum Gasteiger partial charge on any atom is -0.454 e. The summed E-state index contributed by atoms with van der Waals surface area (Å²) < 4.78 is 10.7. The highest BCUT2D eigenvalue weighted by Crippen LogP contribution is 2.38. The molecular weight excluding hydrogens is 399 g/mol. The number of halogens is 3. The zero-order valence-corrected chi connectivity index (χ0v) is 15.7. The number of nitrogens with zero attached hydrogens (tertiary/aromatic N) is 2. The average molecular weight is 410 g/mol. The highest BCUT2D eigenvalue weighted by atomic mass is 35.5. The van der Waals surface area contributed by atoms with Gasteiger partial charge in [0.05, 0.1) is 32.0 Å². The van der Waals surface area contributed by atoms with E-state index in [-0.39, 0.29) is 12.7 Å². The fourth-order valence-electron chi connectivity index (χ4n) is 2.68. The summed E-state index contributed by atoms with van der Waals surface area (Å²) in [6.45, 7) is 1.90. The van der Waals surface area contributed by atoms with E-state index in [1.165, 1.54) is 5.01 Å². The Bertz CT molecular complexity index is 1000. The molecule has 0 aromatic heterocycles. The summed E-state index contributed by atoms with van der Waals surface area (Å²) in [7, 11) is 0. The van der Waals surface area contributed by atoms with Crippen LogP contribution in [0.25, 0.3) is 6.08 Å². The molecule has 4 rings (SSSR count). The largest absolute Gasteiger partial charge is 0.454 e. The molecule has 2 aliphatic rings. The molecule has 0 bridgehead atoms. The molecule has 0 aliphatic carbocycles. The molecular formula is C18H11Cl3N2O3. The number of amides is 1. The van der Waals surface area contributed by atoms with E-state index in [2.05, 4.69) is 5.10 Å². The lowest BCUT2D eigenvalue weighted by molar-refractivity contribution is -0.114. The van der Waals surface area contributed by atoms with E-state index >= 15 is 0 Å². The van der Waals surface area contributed by atoms with Gasteiger partial charge in [0.1, 0.15) is 0 Å². The molecule has 2 aromatic rings. The molecule has 26 heavy (non-hydrogen) atoms. The number of rotatable bonds is 2. The lowest BCUT2D eigenvalue weighted by Crippen LogP contribution is -2.21. The normalized spacial score (nSPS) is 17.2. The molecule has 0 unspecified atom stereocenters. The molecule has 8 heteroatoms. The van der Waals surface area contributed by atoms with Gasteiger partial charge in [0.25, 0.3) is 5.91 Å². The lowest BCUT2D eigenvalue weighted by atomic mass is 10.1. The number of benzene rings is 2. The van der Waals surface area contributed by atoms with E-state index in [4.69, 9.17) is 44.3 Å². The number of hydrogen-bond acceptors (Lipinski definition) is 4. The summed E-state index contributed by atoms with van der Waals surface area (Å²) in [5.41, 5.74) is 2.17. The van der Waals surface area contributed by atoms with Crippen molar-refractivity contribution in [3.05, 3.63) is 56.5 Å². The summed E-state index contributed by atoms with van der Waals surface area (Å²) in [6.07, 6.45) is 1.68. The van der Waals surface area contributed by atoms with E-state index in [0.29, 0.717) is 49.1 Å². The summed E-state index contributed by atoms with van der Waals surface area (Å²) in [5.74, 6) is 0.884. The lowest BCUT2D eigenvalue weighted by Gasteiger charge is -2.12. The van der Waals surface area contributed by atoms with Crippen LogP contribution in [0.2, 0.25) is 15.1 Å². The van der Waals surface area contributed by atoms with Gasteiger partial charge in [-0.1, -0.05) is 34.8 Å². The van der Waals surface area contributed by atoms with Crippen LogP contribution in [0.5, 0.6) is 11.5 Å². The van der Waals surface area contributed by atoms with Gasteiger partial charge in [0.2, 0.25) is 6.79 Å². The quantitative estimate of drug-likeness (QED) is 0.642. The summed E-state index contributed by atoms with van der Waals surface area (Å²) >= 11 is 18.3. The van der Waals surface area contributed by atoms with Crippen LogP contribution in [0, 0.1) is 0 Å². The monoisotopic (exact) mass is 408 g/mol. The highest BCUT2D eigenvalue weighted by Gasteiger charge is 2.29. The maximum Gasteiger partial charge on any atom is 0.280 e. The van der Waals surface area contributed by atoms with Crippen molar-refractivity contribution in [2.24, 2.45) is 5.10 Å². The Hall–Kier alpha value is -2.21. The van der Waals surface area contributed by atoms with Crippen LogP contribution in [0.3, 0.4) is 0 Å². The highest BCUT2D eigenvalue weighted by molar-refractivity contribution is 6.42. The third kappa shape index (κ3) is 2.92. The maximum absolute atomic E-state index is 12.8. The fourth-order valence-corrected chi connectivity index (χ4v) is 3.18. The number of hydrazone groups is 1. The summed E-state index contributed by atoms with van der Waals surface area (Å²) in [4.78, 5) is 12.8. The minimum atomic E-state index is -0.283. The Morgan fingerprint density at radius 1 is 1.04 bits per heavy atom. The van der Waals surface area contributed by atoms with Gasteiger partial charge in [-0.3, -0.25) is 4.79 Å². The second-order valence-electron chi connectivity index (χ2n) is 5.69. The molecule has 5 nitrogen and oxygen atoms in total. The number of carbonyl (C=O) groups excluding carboxylic acids is 1. The van der Waals surface area contributed by atoms with Crippen molar-refractivity contribution in [3.8, 4) is 11.5 Å². The fraction of sp³-hybridized carbons (Fsp3) is 0.111. The van der Waals surface area contributed by atoms with Crippen molar-refractivity contribution in [1.29, 1.82) is 0 Å². The van der Waals surface area contributed by atoms with Crippen molar-refractivity contribution >= 4 is 58.2 Å². The van der Waals surface area contributed by atoms with Gasteiger partial charge >= 0.3 is 0 Å². The van der Waals surface area contributed by atoms with Crippen molar-refractivity contribution < 1.29 is 14.3 Å². The van der Waals surface area contributed by atoms with Crippen LogP contribution in [-0.2, 0) is 4.79 Å². The summed E-state index contributed by atoms with van der Waals surface area (Å²) in [6, 6.07) is 8.29. The zero-order valence-electron chi connectivity index (χ0n) is 13.4. The molecule has 2 heterocycles. The van der Waals surface area contributed by atoms with Gasteiger partial charge in [0.15, 0.2) is 11.5 Å². The molecule has 2 aliphatic heterocycles. The Labute approximate surface area is 164 Å². The van der Waals surface area contributed by atoms with E-state index < -0.39 is 0 Å². The molecule has 2 aromatic carbocycles. The van der Waals surface area contributed by atoms with E-state index in [1.54, 1.807) is 43.3 Å². The average Bonchev–Trinajstić information content (AvgIpc) is 3.16. The molecule has 132 valence electrons. The summed E-state index contributed by atoms with van der Waals surface area (Å²) in [5, 5.41) is 6.81. The zero-order chi connectivity index (χ0) is 18.4. The van der Waals surface area contributed by atoms with Gasteiger partial charge in [-0.15, -0.1) is 0 Å². The second-order valence-corrected chi connectivity index (χ2v) is 6.91. The van der Waals surface area contributed by atoms with E-state index in [9.17, 15) is 4.79 Å². The first-order chi connectivity index (χ1) is 12.4. The van der Waals surface area contributed by atoms with Crippen molar-refractivity contribution in [2.75, 3.05) is 11.8 Å². The Kier molecular flexibility index (Phi) is 4.31. The Morgan fingerprint density at radius 3 is 2.50 bits per heavy atom. The number of ether oxygens (including phenoxy) is 2. The minimum absolute atomic E-state index is 0.149. The van der Waals surface area contributed by atoms with Gasteiger partial charge in [-0.2, -0.15) is 10.1 Å². The SMILES string of the molecule is CC1=NN(c2ccc(Cl)c(Cl)c2)C(=O)/C1=C\c1cc2c(cc1Cl)OCO2. The smallest absolute Gasteiger partial charge is 0.280 e. The molecule has 0 atom stereocenters. The van der Waals surface area contributed by atoms with Crippen LogP contribution in [0.4, 0.5) is 5.69 Å². The molecule has 0 fully saturated rings. The molecule has 0 radical (unpaired) electrons. The molecule has 0 spiro atoms. The predicted octanol–water partition coefficient (Wildman–Crippen LogP) is 5.18. The Balaban J connectivity index is 1.70. The molecule has 0 N–H and O–H groups in total. The van der Waals surface area contributed by atoms with Gasteiger partial charge in [-0.25, -0.2) is 0 Å². The second kappa shape index (κ2) is 6.50. The van der Waals surface area contributed by atoms with E-state index in [1.807, 2.05) is 0 Å². The van der Waals surface area contributed by atoms with Crippen LogP contribution in [0.1, 0.15) is 12.5 Å². The van der Waals surface area contributed by atoms with Crippen molar-refractivity contribution in [2.45, 2.75) is 6.92 Å². The van der Waals surface area contributed by atoms with Crippen LogP contribution in [-0.4, -0.2) is 18.4 Å². The number of fused-ring (bicyclic) bond motifs is 1. The third-order valence-electron chi connectivity index (χ3n) is 4.00.